The molecule has 0 saturated heterocycles. The first-order valence-corrected chi connectivity index (χ1v) is 8.66. The van der Waals surface area contributed by atoms with Crippen molar-refractivity contribution in [2.24, 2.45) is 7.05 Å². The number of nitrogens with zero attached hydrogens (tertiary/aromatic N) is 3. The summed E-state index contributed by atoms with van der Waals surface area (Å²) < 4.78 is 39.6. The molecule has 0 aliphatic heterocycles. The number of benzene rings is 1. The number of carbonyl (C=O) groups is 1. The van der Waals surface area contributed by atoms with E-state index < -0.39 is 28.4 Å². The largest absolute Gasteiger partial charge is 0.435 e. The lowest BCUT2D eigenvalue weighted by atomic mass is 10.2. The maximum Gasteiger partial charge on any atom is 0.435 e. The first-order chi connectivity index (χ1) is 13.1. The highest BCUT2D eigenvalue weighted by Crippen LogP contribution is 2.40. The lowest BCUT2D eigenvalue weighted by molar-refractivity contribution is -0.383. The van der Waals surface area contributed by atoms with E-state index in [0.29, 0.717) is 5.69 Å². The minimum atomic E-state index is -4.69. The number of hydrogen-bond acceptors (Lipinski definition) is 5. The molecular formula is C17H13F3N4O3S. The Morgan fingerprint density at radius 2 is 1.96 bits per heavy atom. The molecule has 0 unspecified atom stereocenters. The van der Waals surface area contributed by atoms with Crippen molar-refractivity contribution >= 4 is 28.6 Å². The van der Waals surface area contributed by atoms with E-state index in [1.54, 1.807) is 31.2 Å². The maximum absolute atomic E-state index is 12.9. The summed E-state index contributed by atoms with van der Waals surface area (Å²) >= 11 is 0.730. The summed E-state index contributed by atoms with van der Waals surface area (Å²) in [6, 6.07) is 8.74. The van der Waals surface area contributed by atoms with Crippen LogP contribution in [0.1, 0.15) is 20.9 Å². The van der Waals surface area contributed by atoms with Gasteiger partial charge < -0.3 is 5.32 Å². The summed E-state index contributed by atoms with van der Waals surface area (Å²) in [4.78, 5) is 23.1. The topological polar surface area (TPSA) is 90.1 Å². The van der Waals surface area contributed by atoms with E-state index in [0.717, 1.165) is 33.7 Å². The van der Waals surface area contributed by atoms with E-state index in [1.807, 2.05) is 0 Å². The second-order valence-corrected chi connectivity index (χ2v) is 6.94. The Bertz CT molecular complexity index is 1070. The second kappa shape index (κ2) is 7.08. The molecule has 2 heterocycles. The Labute approximate surface area is 160 Å². The molecule has 0 atom stereocenters. The van der Waals surface area contributed by atoms with Gasteiger partial charge in [0.15, 0.2) is 5.69 Å². The van der Waals surface area contributed by atoms with E-state index in [2.05, 4.69) is 10.4 Å². The second-order valence-electron chi connectivity index (χ2n) is 5.89. The fourth-order valence-electron chi connectivity index (χ4n) is 2.53. The molecular weight excluding hydrogens is 397 g/mol. The minimum Gasteiger partial charge on any atom is -0.321 e. The molecule has 28 heavy (non-hydrogen) atoms. The predicted octanol–water partition coefficient (Wildman–Crippen LogP) is 4.64. The van der Waals surface area contributed by atoms with E-state index in [4.69, 9.17) is 0 Å². The van der Waals surface area contributed by atoms with Gasteiger partial charge in [-0.1, -0.05) is 18.2 Å². The summed E-state index contributed by atoms with van der Waals surface area (Å²) in [6.45, 7) is 1.78. The monoisotopic (exact) mass is 410 g/mol. The van der Waals surface area contributed by atoms with Crippen LogP contribution in [0.25, 0.3) is 10.6 Å². The van der Waals surface area contributed by atoms with Crippen LogP contribution in [0.3, 0.4) is 0 Å². The molecule has 7 nitrogen and oxygen atoms in total. The molecule has 1 N–H and O–H groups in total. The van der Waals surface area contributed by atoms with Crippen LogP contribution in [0.4, 0.5) is 24.5 Å². The molecule has 0 radical (unpaired) electrons. The predicted molar refractivity (Wildman–Crippen MR) is 97.3 cm³/mol. The molecule has 11 heteroatoms. The van der Waals surface area contributed by atoms with Crippen molar-refractivity contribution in [2.45, 2.75) is 13.1 Å². The molecule has 2 aromatic heterocycles. The summed E-state index contributed by atoms with van der Waals surface area (Å²) in [6.07, 6.45) is -4.69. The number of nitro groups is 1. The number of nitrogens with one attached hydrogen (secondary N) is 1. The van der Waals surface area contributed by atoms with Gasteiger partial charge in [-0.3, -0.25) is 19.6 Å². The number of rotatable bonds is 4. The number of alkyl halides is 3. The van der Waals surface area contributed by atoms with Gasteiger partial charge in [0.2, 0.25) is 0 Å². The molecule has 1 aromatic carbocycles. The van der Waals surface area contributed by atoms with Crippen LogP contribution in [0.2, 0.25) is 0 Å². The van der Waals surface area contributed by atoms with Gasteiger partial charge >= 0.3 is 6.18 Å². The van der Waals surface area contributed by atoms with Crippen molar-refractivity contribution in [1.82, 2.24) is 9.78 Å². The fraction of sp³-hybridized carbons (Fsp3) is 0.176. The molecule has 0 fully saturated rings. The highest BCUT2D eigenvalue weighted by molar-refractivity contribution is 7.18. The van der Waals surface area contributed by atoms with Gasteiger partial charge in [-0.15, -0.1) is 11.3 Å². The van der Waals surface area contributed by atoms with E-state index in [-0.39, 0.29) is 15.4 Å². The molecule has 0 aliphatic carbocycles. The Hall–Kier alpha value is -3.21. The van der Waals surface area contributed by atoms with Crippen LogP contribution in [0.15, 0.2) is 36.4 Å². The molecule has 0 saturated carbocycles. The smallest absolute Gasteiger partial charge is 0.321 e. The number of aromatic nitrogens is 2. The van der Waals surface area contributed by atoms with Crippen LogP contribution in [0.5, 0.6) is 0 Å². The molecule has 1 amide bonds. The van der Waals surface area contributed by atoms with Gasteiger partial charge in [-0.2, -0.15) is 18.3 Å². The quantitative estimate of drug-likeness (QED) is 0.501. The number of hydrogen-bond donors (Lipinski definition) is 1. The molecule has 0 aliphatic rings. The van der Waals surface area contributed by atoms with Gasteiger partial charge in [0.05, 0.1) is 15.5 Å². The lowest BCUT2D eigenvalue weighted by Gasteiger charge is -2.06. The van der Waals surface area contributed by atoms with Crippen LogP contribution >= 0.6 is 11.3 Å². The number of para-hydroxylation sites is 1. The van der Waals surface area contributed by atoms with Crippen molar-refractivity contribution in [3.8, 4) is 10.6 Å². The van der Waals surface area contributed by atoms with E-state index in [9.17, 15) is 28.1 Å². The maximum atomic E-state index is 12.9. The summed E-state index contributed by atoms with van der Waals surface area (Å²) in [5.41, 5.74) is -0.400. The number of anilines is 1. The fourth-order valence-corrected chi connectivity index (χ4v) is 3.60. The molecule has 3 aromatic rings. The molecule has 3 rings (SSSR count). The van der Waals surface area contributed by atoms with Gasteiger partial charge in [-0.05, 0) is 24.6 Å². The standard InChI is InChI=1S/C17H13F3N4O3S/c1-9-5-3-4-6-10(9)21-16(25)13-7-12(24(26)27)15(28-13)11-8-14(17(18,19)20)22-23(11)2/h3-8H,1-2H3,(H,21,25). The first kappa shape index (κ1) is 19.5. The highest BCUT2D eigenvalue weighted by Gasteiger charge is 2.36. The van der Waals surface area contributed by atoms with Crippen molar-refractivity contribution in [3.63, 3.8) is 0 Å². The van der Waals surface area contributed by atoms with Crippen LogP contribution < -0.4 is 5.32 Å². The number of amides is 1. The highest BCUT2D eigenvalue weighted by atomic mass is 32.1. The zero-order valence-electron chi connectivity index (χ0n) is 14.6. The van der Waals surface area contributed by atoms with Crippen molar-refractivity contribution in [2.75, 3.05) is 5.32 Å². The summed E-state index contributed by atoms with van der Waals surface area (Å²) in [7, 11) is 1.25. The number of carbonyl (C=O) groups excluding carboxylic acids is 1. The Morgan fingerprint density at radius 1 is 1.29 bits per heavy atom. The van der Waals surface area contributed by atoms with Crippen molar-refractivity contribution < 1.29 is 22.9 Å². The van der Waals surface area contributed by atoms with Crippen molar-refractivity contribution in [1.29, 1.82) is 0 Å². The minimum absolute atomic E-state index is 0.000267. The average molecular weight is 410 g/mol. The zero-order valence-corrected chi connectivity index (χ0v) is 15.4. The Kier molecular flexibility index (Phi) is 4.94. The molecule has 0 spiro atoms. The first-order valence-electron chi connectivity index (χ1n) is 7.84. The van der Waals surface area contributed by atoms with Gasteiger partial charge in [0.1, 0.15) is 4.88 Å². The van der Waals surface area contributed by atoms with Gasteiger partial charge in [0, 0.05) is 18.8 Å². The Morgan fingerprint density at radius 3 is 2.54 bits per heavy atom. The third kappa shape index (κ3) is 3.74. The molecule has 146 valence electrons. The number of halogens is 3. The van der Waals surface area contributed by atoms with Gasteiger partial charge in [-0.25, -0.2) is 0 Å². The SMILES string of the molecule is Cc1ccccc1NC(=O)c1cc([N+](=O)[O-])c(-c2cc(C(F)(F)F)nn2C)s1. The average Bonchev–Trinajstić information content (AvgIpc) is 3.20. The summed E-state index contributed by atoms with van der Waals surface area (Å²) in [5, 5.41) is 17.4. The van der Waals surface area contributed by atoms with Crippen LogP contribution in [-0.4, -0.2) is 20.6 Å². The van der Waals surface area contributed by atoms with E-state index >= 15 is 0 Å². The summed E-state index contributed by atoms with van der Waals surface area (Å²) in [5.74, 6) is -0.591. The number of aryl methyl sites for hydroxylation is 2. The van der Waals surface area contributed by atoms with E-state index in [1.165, 1.54) is 7.05 Å². The molecule has 0 bridgehead atoms. The Balaban J connectivity index is 2.01. The van der Waals surface area contributed by atoms with Crippen LogP contribution in [0, 0.1) is 17.0 Å². The van der Waals surface area contributed by atoms with Crippen molar-refractivity contribution in [3.05, 3.63) is 62.6 Å². The normalized spacial score (nSPS) is 11.5. The third-order valence-corrected chi connectivity index (χ3v) is 5.07. The number of thiophene rings is 1. The lowest BCUT2D eigenvalue weighted by Crippen LogP contribution is -2.10. The van der Waals surface area contributed by atoms with Gasteiger partial charge in [0.25, 0.3) is 11.6 Å². The zero-order chi connectivity index (χ0) is 20.6. The third-order valence-electron chi connectivity index (χ3n) is 3.93. The van der Waals surface area contributed by atoms with Crippen LogP contribution in [-0.2, 0) is 13.2 Å².